The van der Waals surface area contributed by atoms with Gasteiger partial charge in [0.1, 0.15) is 5.69 Å². The third kappa shape index (κ3) is 4.23. The molecule has 0 aliphatic carbocycles. The molecule has 4 aromatic rings. The Morgan fingerprint density at radius 3 is 2.33 bits per heavy atom. The lowest BCUT2D eigenvalue weighted by Gasteiger charge is -2.10. The fourth-order valence-electron chi connectivity index (χ4n) is 3.03. The van der Waals surface area contributed by atoms with Crippen LogP contribution in [-0.2, 0) is 6.54 Å². The first-order valence-electron chi connectivity index (χ1n) is 9.12. The highest BCUT2D eigenvalue weighted by Crippen LogP contribution is 2.23. The van der Waals surface area contributed by atoms with Crippen LogP contribution in [0.1, 0.15) is 16.1 Å². The van der Waals surface area contributed by atoms with E-state index in [-0.39, 0.29) is 5.91 Å². The second kappa shape index (κ2) is 8.47. The summed E-state index contributed by atoms with van der Waals surface area (Å²) in [4.78, 5) is 16.7. The van der Waals surface area contributed by atoms with E-state index in [0.717, 1.165) is 28.9 Å². The van der Waals surface area contributed by atoms with Crippen molar-refractivity contribution in [2.75, 3.05) is 0 Å². The molecule has 0 saturated carbocycles. The van der Waals surface area contributed by atoms with E-state index >= 15 is 0 Å². The van der Waals surface area contributed by atoms with E-state index in [4.69, 9.17) is 11.6 Å². The monoisotopic (exact) mass is 423 g/mol. The molecule has 1 N–H and O–H groups in total. The molecule has 0 fully saturated rings. The molecule has 0 spiro atoms. The number of hydrogen-bond acceptors (Lipinski definition) is 2. The fourth-order valence-corrected chi connectivity index (χ4v) is 3.16. The van der Waals surface area contributed by atoms with Gasteiger partial charge in [0.05, 0.1) is 12.5 Å². The molecule has 0 saturated heterocycles. The summed E-state index contributed by atoms with van der Waals surface area (Å²) in [5.74, 6) is -2.05. The molecule has 0 bridgehead atoms. The number of aromatic nitrogens is 2. The average Bonchev–Trinajstić information content (AvgIpc) is 3.25. The highest BCUT2D eigenvalue weighted by molar-refractivity contribution is 6.30. The zero-order valence-electron chi connectivity index (χ0n) is 15.6. The van der Waals surface area contributed by atoms with Gasteiger partial charge in [-0.2, -0.15) is 0 Å². The molecule has 0 aliphatic rings. The summed E-state index contributed by atoms with van der Waals surface area (Å²) in [6.45, 7) is 0.357. The van der Waals surface area contributed by atoms with Crippen molar-refractivity contribution in [3.63, 3.8) is 0 Å². The Bertz CT molecular complexity index is 1190. The first-order valence-corrected chi connectivity index (χ1v) is 9.50. The molecule has 7 heteroatoms. The predicted molar refractivity (Wildman–Crippen MR) is 112 cm³/mol. The smallest absolute Gasteiger partial charge is 0.270 e. The van der Waals surface area contributed by atoms with E-state index in [0.29, 0.717) is 22.8 Å². The highest BCUT2D eigenvalue weighted by atomic mass is 35.5. The lowest BCUT2D eigenvalue weighted by atomic mass is 10.1. The minimum Gasteiger partial charge on any atom is -0.347 e. The molecular formula is C23H16ClF2N3O. The third-order valence-corrected chi connectivity index (χ3v) is 4.89. The maximum Gasteiger partial charge on any atom is 0.270 e. The summed E-state index contributed by atoms with van der Waals surface area (Å²) in [6.07, 6.45) is 3.03. The molecule has 0 unspecified atom stereocenters. The number of nitrogens with one attached hydrogen (secondary N) is 1. The molecule has 3 aromatic carbocycles. The van der Waals surface area contributed by atoms with E-state index in [2.05, 4.69) is 10.3 Å². The van der Waals surface area contributed by atoms with Crippen LogP contribution in [0.3, 0.4) is 0 Å². The summed E-state index contributed by atoms with van der Waals surface area (Å²) in [7, 11) is 0. The van der Waals surface area contributed by atoms with E-state index in [9.17, 15) is 13.6 Å². The standard InChI is InChI=1S/C23H16ClF2N3O/c24-18-6-1-15(2-7-18)12-28-23(30)22-13-27-14-29(22)19-8-3-16(4-9-19)17-5-10-20(25)21(26)11-17/h1-11,13-14H,12H2,(H,28,30). The lowest BCUT2D eigenvalue weighted by Crippen LogP contribution is -2.25. The van der Waals surface area contributed by atoms with Crippen molar-refractivity contribution in [2.45, 2.75) is 6.54 Å². The Balaban J connectivity index is 1.51. The topological polar surface area (TPSA) is 46.9 Å². The second-order valence-electron chi connectivity index (χ2n) is 6.63. The number of amides is 1. The molecule has 1 heterocycles. The van der Waals surface area contributed by atoms with Gasteiger partial charge in [-0.3, -0.25) is 9.36 Å². The number of benzene rings is 3. The Kier molecular flexibility index (Phi) is 5.59. The molecule has 30 heavy (non-hydrogen) atoms. The van der Waals surface area contributed by atoms with Crippen LogP contribution < -0.4 is 5.32 Å². The van der Waals surface area contributed by atoms with Crippen molar-refractivity contribution in [1.82, 2.24) is 14.9 Å². The minimum atomic E-state index is -0.897. The van der Waals surface area contributed by atoms with Gasteiger partial charge in [-0.25, -0.2) is 13.8 Å². The van der Waals surface area contributed by atoms with Crippen LogP contribution in [0.25, 0.3) is 16.8 Å². The average molecular weight is 424 g/mol. The Hall–Kier alpha value is -3.51. The minimum absolute atomic E-state index is 0.271. The summed E-state index contributed by atoms with van der Waals surface area (Å²) in [5, 5.41) is 3.49. The van der Waals surface area contributed by atoms with Crippen molar-refractivity contribution >= 4 is 17.5 Å². The zero-order valence-corrected chi connectivity index (χ0v) is 16.4. The first-order chi connectivity index (χ1) is 14.5. The third-order valence-electron chi connectivity index (χ3n) is 4.64. The van der Waals surface area contributed by atoms with Crippen molar-refractivity contribution < 1.29 is 13.6 Å². The normalized spacial score (nSPS) is 10.8. The SMILES string of the molecule is O=C(NCc1ccc(Cl)cc1)c1cncn1-c1ccc(-c2ccc(F)c(F)c2)cc1. The van der Waals surface area contributed by atoms with E-state index in [1.807, 2.05) is 12.1 Å². The van der Waals surface area contributed by atoms with Crippen LogP contribution in [-0.4, -0.2) is 15.5 Å². The molecule has 1 amide bonds. The molecule has 150 valence electrons. The van der Waals surface area contributed by atoms with Gasteiger partial charge in [-0.15, -0.1) is 0 Å². The molecule has 0 radical (unpaired) electrons. The molecule has 1 aromatic heterocycles. The van der Waals surface area contributed by atoms with Gasteiger partial charge < -0.3 is 5.32 Å². The van der Waals surface area contributed by atoms with Crippen molar-refractivity contribution in [3.05, 3.63) is 107 Å². The van der Waals surface area contributed by atoms with Gasteiger partial charge >= 0.3 is 0 Å². The molecule has 4 rings (SSSR count). The summed E-state index contributed by atoms with van der Waals surface area (Å²) < 4.78 is 28.3. The number of carbonyl (C=O) groups is 1. The Morgan fingerprint density at radius 2 is 1.63 bits per heavy atom. The summed E-state index contributed by atoms with van der Waals surface area (Å²) in [5.41, 5.74) is 3.31. The fraction of sp³-hybridized carbons (Fsp3) is 0.0435. The van der Waals surface area contributed by atoms with Gasteiger partial charge in [0.25, 0.3) is 5.91 Å². The van der Waals surface area contributed by atoms with Gasteiger partial charge in [-0.05, 0) is 53.1 Å². The molecular weight excluding hydrogens is 408 g/mol. The lowest BCUT2D eigenvalue weighted by molar-refractivity contribution is 0.0944. The quantitative estimate of drug-likeness (QED) is 0.467. The van der Waals surface area contributed by atoms with Crippen LogP contribution in [0.15, 0.2) is 79.3 Å². The molecule has 4 nitrogen and oxygen atoms in total. The second-order valence-corrected chi connectivity index (χ2v) is 7.07. The Labute approximate surface area is 176 Å². The summed E-state index contributed by atoms with van der Waals surface area (Å²) in [6, 6.07) is 18.1. The van der Waals surface area contributed by atoms with Crippen molar-refractivity contribution in [1.29, 1.82) is 0 Å². The zero-order chi connectivity index (χ0) is 21.1. The Morgan fingerprint density at radius 1 is 0.933 bits per heavy atom. The molecule has 0 aliphatic heterocycles. The number of halogens is 3. The van der Waals surface area contributed by atoms with Crippen LogP contribution in [0, 0.1) is 11.6 Å². The maximum atomic E-state index is 13.5. The number of hydrogen-bond donors (Lipinski definition) is 1. The number of carbonyl (C=O) groups excluding carboxylic acids is 1. The van der Waals surface area contributed by atoms with Crippen molar-refractivity contribution in [3.8, 4) is 16.8 Å². The van der Waals surface area contributed by atoms with Crippen LogP contribution in [0.5, 0.6) is 0 Å². The van der Waals surface area contributed by atoms with Crippen LogP contribution >= 0.6 is 11.6 Å². The largest absolute Gasteiger partial charge is 0.347 e. The first kappa shape index (κ1) is 19.8. The van der Waals surface area contributed by atoms with Gasteiger partial charge in [0, 0.05) is 17.3 Å². The summed E-state index contributed by atoms with van der Waals surface area (Å²) >= 11 is 5.87. The van der Waals surface area contributed by atoms with Gasteiger partial charge in [0.15, 0.2) is 11.6 Å². The van der Waals surface area contributed by atoms with Gasteiger partial charge in [-0.1, -0.05) is 41.9 Å². The van der Waals surface area contributed by atoms with E-state index < -0.39 is 11.6 Å². The van der Waals surface area contributed by atoms with E-state index in [1.165, 1.54) is 12.3 Å². The van der Waals surface area contributed by atoms with E-state index in [1.54, 1.807) is 47.3 Å². The number of nitrogens with zero attached hydrogens (tertiary/aromatic N) is 2. The van der Waals surface area contributed by atoms with Crippen LogP contribution in [0.4, 0.5) is 8.78 Å². The number of imidazole rings is 1. The highest BCUT2D eigenvalue weighted by Gasteiger charge is 2.13. The van der Waals surface area contributed by atoms with Crippen LogP contribution in [0.2, 0.25) is 5.02 Å². The maximum absolute atomic E-state index is 13.5. The van der Waals surface area contributed by atoms with Gasteiger partial charge in [0.2, 0.25) is 0 Å². The van der Waals surface area contributed by atoms with Crippen molar-refractivity contribution in [2.24, 2.45) is 0 Å². The molecule has 0 atom stereocenters. The number of rotatable bonds is 5. The predicted octanol–water partition coefficient (Wildman–Crippen LogP) is 5.40.